The van der Waals surface area contributed by atoms with Crippen molar-refractivity contribution in [2.24, 2.45) is 5.73 Å². The number of rotatable bonds is 8. The van der Waals surface area contributed by atoms with E-state index in [0.29, 0.717) is 41.5 Å². The normalized spacial score (nSPS) is 13.2. The van der Waals surface area contributed by atoms with Gasteiger partial charge in [0.1, 0.15) is 17.8 Å². The van der Waals surface area contributed by atoms with E-state index in [9.17, 15) is 9.59 Å². The number of primary amides is 1. The maximum atomic E-state index is 12.6. The number of para-hydroxylation sites is 1. The molecule has 5 rings (SSSR count). The molecule has 32 heavy (non-hydrogen) atoms. The summed E-state index contributed by atoms with van der Waals surface area (Å²) in [6.45, 7) is 0.503. The molecule has 0 radical (unpaired) electrons. The minimum absolute atomic E-state index is 0.000894. The molecular formula is C24H22N6O2. The predicted octanol–water partition coefficient (Wildman–Crippen LogP) is 3.37. The Labute approximate surface area is 184 Å². The van der Waals surface area contributed by atoms with E-state index < -0.39 is 5.91 Å². The van der Waals surface area contributed by atoms with Crippen molar-refractivity contribution in [3.05, 3.63) is 82.9 Å². The van der Waals surface area contributed by atoms with Gasteiger partial charge in [-0.25, -0.2) is 9.97 Å². The summed E-state index contributed by atoms with van der Waals surface area (Å²) in [4.78, 5) is 32.8. The third kappa shape index (κ3) is 4.07. The molecule has 8 heteroatoms. The number of nitrogens with one attached hydrogen (secondary N) is 2. The number of fused-ring (bicyclic) bond motifs is 1. The van der Waals surface area contributed by atoms with Crippen molar-refractivity contribution in [1.82, 2.24) is 20.2 Å². The number of hydrogen-bond donors (Lipinski definition) is 3. The Morgan fingerprint density at radius 2 is 1.88 bits per heavy atom. The van der Waals surface area contributed by atoms with Crippen molar-refractivity contribution in [3.63, 3.8) is 0 Å². The van der Waals surface area contributed by atoms with Gasteiger partial charge in [0.2, 0.25) is 0 Å². The standard InChI is InChI=1S/C24H22N6O2/c25-23(32)17-5-2-6-18-22(17)27-13-28-24(18)26-12-15-4-1-3-14(9-15)10-21(31)20-11-19(29-30-20)16-7-8-16/h1-6,9,11,13,16H,7-8,10,12H2,(H2,25,32)(H,29,30)(H,26,27,28). The first-order chi connectivity index (χ1) is 15.6. The Kier molecular flexibility index (Phi) is 5.10. The van der Waals surface area contributed by atoms with Crippen molar-refractivity contribution in [2.75, 3.05) is 5.32 Å². The lowest BCUT2D eigenvalue weighted by molar-refractivity contribution is 0.0984. The molecule has 1 aliphatic rings. The molecule has 1 fully saturated rings. The zero-order valence-corrected chi connectivity index (χ0v) is 17.3. The molecule has 0 spiro atoms. The van der Waals surface area contributed by atoms with Gasteiger partial charge in [-0.3, -0.25) is 14.7 Å². The number of aromatic amines is 1. The fourth-order valence-corrected chi connectivity index (χ4v) is 3.82. The van der Waals surface area contributed by atoms with Gasteiger partial charge in [0, 0.05) is 30.0 Å². The molecule has 0 aliphatic heterocycles. The van der Waals surface area contributed by atoms with E-state index in [-0.39, 0.29) is 5.78 Å². The molecule has 1 amide bonds. The van der Waals surface area contributed by atoms with Gasteiger partial charge in [-0.15, -0.1) is 0 Å². The van der Waals surface area contributed by atoms with Gasteiger partial charge in [-0.2, -0.15) is 5.10 Å². The number of benzene rings is 2. The Bertz CT molecular complexity index is 1330. The zero-order chi connectivity index (χ0) is 22.1. The van der Waals surface area contributed by atoms with Crippen LogP contribution in [0.15, 0.2) is 54.9 Å². The van der Waals surface area contributed by atoms with Crippen molar-refractivity contribution < 1.29 is 9.59 Å². The number of aromatic nitrogens is 4. The number of hydrogen-bond acceptors (Lipinski definition) is 6. The first-order valence-corrected chi connectivity index (χ1v) is 10.5. The highest BCUT2D eigenvalue weighted by molar-refractivity contribution is 6.06. The number of Topliss-reactive ketones (excluding diaryl/α,β-unsaturated/α-hetero) is 1. The van der Waals surface area contributed by atoms with Crippen LogP contribution in [0.3, 0.4) is 0 Å². The van der Waals surface area contributed by atoms with Crippen LogP contribution >= 0.6 is 0 Å². The average Bonchev–Trinajstić information content (AvgIpc) is 3.53. The molecule has 0 unspecified atom stereocenters. The van der Waals surface area contributed by atoms with E-state index in [2.05, 4.69) is 25.5 Å². The highest BCUT2D eigenvalue weighted by Gasteiger charge is 2.26. The lowest BCUT2D eigenvalue weighted by atomic mass is 10.0. The van der Waals surface area contributed by atoms with Gasteiger partial charge < -0.3 is 11.1 Å². The van der Waals surface area contributed by atoms with E-state index in [0.717, 1.165) is 35.0 Å². The third-order valence-corrected chi connectivity index (χ3v) is 5.65. The van der Waals surface area contributed by atoms with E-state index in [1.807, 2.05) is 36.4 Å². The van der Waals surface area contributed by atoms with Crippen LogP contribution in [0.5, 0.6) is 0 Å². The Morgan fingerprint density at radius 1 is 1.06 bits per heavy atom. The lowest BCUT2D eigenvalue weighted by Crippen LogP contribution is -2.12. The number of carbonyl (C=O) groups excluding carboxylic acids is 2. The van der Waals surface area contributed by atoms with E-state index in [1.165, 1.54) is 6.33 Å². The lowest BCUT2D eigenvalue weighted by Gasteiger charge is -2.10. The van der Waals surface area contributed by atoms with Gasteiger partial charge in [-0.05, 0) is 42.2 Å². The largest absolute Gasteiger partial charge is 0.366 e. The highest BCUT2D eigenvalue weighted by Crippen LogP contribution is 2.39. The summed E-state index contributed by atoms with van der Waals surface area (Å²) >= 11 is 0. The molecule has 0 saturated heterocycles. The van der Waals surface area contributed by atoms with E-state index >= 15 is 0 Å². The quantitative estimate of drug-likeness (QED) is 0.371. The molecule has 1 aliphatic carbocycles. The summed E-state index contributed by atoms with van der Waals surface area (Å²) in [6.07, 6.45) is 4.03. The Hall–Kier alpha value is -4.07. The molecule has 2 aromatic carbocycles. The summed E-state index contributed by atoms with van der Waals surface area (Å²) in [7, 11) is 0. The topological polar surface area (TPSA) is 127 Å². The molecule has 0 atom stereocenters. The zero-order valence-electron chi connectivity index (χ0n) is 17.3. The third-order valence-electron chi connectivity index (χ3n) is 5.65. The van der Waals surface area contributed by atoms with Crippen LogP contribution in [0.1, 0.15) is 56.4 Å². The van der Waals surface area contributed by atoms with Gasteiger partial charge in [0.15, 0.2) is 5.78 Å². The van der Waals surface area contributed by atoms with Crippen molar-refractivity contribution in [1.29, 1.82) is 0 Å². The number of ketones is 1. The van der Waals surface area contributed by atoms with E-state index in [4.69, 9.17) is 5.73 Å². The maximum Gasteiger partial charge on any atom is 0.250 e. The maximum absolute atomic E-state index is 12.6. The molecule has 4 aromatic rings. The Morgan fingerprint density at radius 3 is 2.69 bits per heavy atom. The van der Waals surface area contributed by atoms with Gasteiger partial charge in [0.25, 0.3) is 5.91 Å². The fourth-order valence-electron chi connectivity index (χ4n) is 3.82. The predicted molar refractivity (Wildman–Crippen MR) is 120 cm³/mol. The number of nitrogens with two attached hydrogens (primary N) is 1. The van der Waals surface area contributed by atoms with E-state index in [1.54, 1.807) is 12.1 Å². The minimum Gasteiger partial charge on any atom is -0.366 e. The molecule has 4 N–H and O–H groups in total. The van der Waals surface area contributed by atoms with Crippen LogP contribution in [-0.2, 0) is 13.0 Å². The summed E-state index contributed by atoms with van der Waals surface area (Å²) in [5, 5.41) is 11.2. The molecular weight excluding hydrogens is 404 g/mol. The summed E-state index contributed by atoms with van der Waals surface area (Å²) < 4.78 is 0. The number of H-pyrrole nitrogens is 1. The number of anilines is 1. The molecule has 2 aromatic heterocycles. The minimum atomic E-state index is -0.529. The summed E-state index contributed by atoms with van der Waals surface area (Å²) in [5.74, 6) is 0.622. The number of carbonyl (C=O) groups is 2. The smallest absolute Gasteiger partial charge is 0.250 e. The summed E-state index contributed by atoms with van der Waals surface area (Å²) in [6, 6.07) is 15.0. The molecule has 8 nitrogen and oxygen atoms in total. The van der Waals surface area contributed by atoms with Crippen molar-refractivity contribution in [3.8, 4) is 0 Å². The second-order valence-electron chi connectivity index (χ2n) is 8.04. The van der Waals surface area contributed by atoms with Crippen molar-refractivity contribution >= 4 is 28.4 Å². The molecule has 2 heterocycles. The van der Waals surface area contributed by atoms with Crippen LogP contribution in [-0.4, -0.2) is 31.9 Å². The molecule has 160 valence electrons. The van der Waals surface area contributed by atoms with Crippen LogP contribution in [0.2, 0.25) is 0 Å². The fraction of sp³-hybridized carbons (Fsp3) is 0.208. The summed E-state index contributed by atoms with van der Waals surface area (Å²) in [5.41, 5.74) is 9.82. The second-order valence-corrected chi connectivity index (χ2v) is 8.04. The second kappa shape index (κ2) is 8.22. The first-order valence-electron chi connectivity index (χ1n) is 10.5. The van der Waals surface area contributed by atoms with Gasteiger partial charge in [0.05, 0.1) is 11.1 Å². The molecule has 1 saturated carbocycles. The Balaban J connectivity index is 1.29. The number of amides is 1. The average molecular weight is 426 g/mol. The van der Waals surface area contributed by atoms with Crippen molar-refractivity contribution in [2.45, 2.75) is 31.7 Å². The first kappa shape index (κ1) is 19.9. The SMILES string of the molecule is NC(=O)c1cccc2c(NCc3cccc(CC(=O)c4cc(C5CC5)[nH]n4)c3)ncnc12. The van der Waals surface area contributed by atoms with Crippen LogP contribution in [0, 0.1) is 0 Å². The number of nitrogens with zero attached hydrogens (tertiary/aromatic N) is 3. The highest BCUT2D eigenvalue weighted by atomic mass is 16.1. The van der Waals surface area contributed by atoms with Crippen LogP contribution in [0.25, 0.3) is 10.9 Å². The van der Waals surface area contributed by atoms with Gasteiger partial charge >= 0.3 is 0 Å². The monoisotopic (exact) mass is 426 g/mol. The molecule has 0 bridgehead atoms. The van der Waals surface area contributed by atoms with Crippen LogP contribution in [0.4, 0.5) is 5.82 Å². The van der Waals surface area contributed by atoms with Crippen LogP contribution < -0.4 is 11.1 Å². The van der Waals surface area contributed by atoms with Gasteiger partial charge in [-0.1, -0.05) is 30.3 Å².